The van der Waals surface area contributed by atoms with Crippen molar-refractivity contribution in [2.75, 3.05) is 18.4 Å². The molecule has 1 aromatic carbocycles. The Kier molecular flexibility index (Phi) is 6.11. The van der Waals surface area contributed by atoms with Crippen LogP contribution in [0.1, 0.15) is 52.2 Å². The molecule has 0 saturated heterocycles. The maximum atomic E-state index is 12.2. The van der Waals surface area contributed by atoms with E-state index in [2.05, 4.69) is 17.5 Å². The van der Waals surface area contributed by atoms with E-state index in [9.17, 15) is 9.59 Å². The minimum atomic E-state index is -0.485. The van der Waals surface area contributed by atoms with Crippen LogP contribution < -0.4 is 5.32 Å². The Morgan fingerprint density at radius 3 is 2.46 bits per heavy atom. The summed E-state index contributed by atoms with van der Waals surface area (Å²) in [4.78, 5) is 25.9. The Morgan fingerprint density at radius 2 is 1.92 bits per heavy atom. The molecule has 0 atom stereocenters. The number of rotatable bonds is 3. The van der Waals surface area contributed by atoms with E-state index in [1.165, 1.54) is 5.57 Å². The van der Waals surface area contributed by atoms with Gasteiger partial charge >= 0.3 is 6.09 Å². The molecular weight excluding hydrogens is 328 g/mol. The minimum Gasteiger partial charge on any atom is -0.444 e. The lowest BCUT2D eigenvalue weighted by Crippen LogP contribution is -2.39. The molecule has 26 heavy (non-hydrogen) atoms. The first-order valence-electron chi connectivity index (χ1n) is 9.15. The van der Waals surface area contributed by atoms with Crippen molar-refractivity contribution in [1.29, 1.82) is 0 Å². The van der Waals surface area contributed by atoms with Crippen LogP contribution in [0.2, 0.25) is 0 Å². The minimum absolute atomic E-state index is 0.0129. The second kappa shape index (κ2) is 7.94. The molecule has 0 fully saturated rings. The van der Waals surface area contributed by atoms with Gasteiger partial charge in [-0.25, -0.2) is 4.79 Å². The number of nitrogens with one attached hydrogen (secondary N) is 1. The van der Waals surface area contributed by atoms with Gasteiger partial charge < -0.3 is 15.0 Å². The van der Waals surface area contributed by atoms with Crippen molar-refractivity contribution < 1.29 is 14.3 Å². The van der Waals surface area contributed by atoms with Gasteiger partial charge in [-0.3, -0.25) is 4.79 Å². The summed E-state index contributed by atoms with van der Waals surface area (Å²) < 4.78 is 5.43. The molecule has 0 saturated carbocycles. The monoisotopic (exact) mass is 358 g/mol. The van der Waals surface area contributed by atoms with Crippen LogP contribution in [0.25, 0.3) is 5.57 Å². The molecule has 0 aliphatic carbocycles. The highest BCUT2D eigenvalue weighted by molar-refractivity contribution is 5.93. The van der Waals surface area contributed by atoms with Crippen molar-refractivity contribution in [3.63, 3.8) is 0 Å². The van der Waals surface area contributed by atoms with Crippen LogP contribution in [0.4, 0.5) is 10.5 Å². The van der Waals surface area contributed by atoms with Gasteiger partial charge in [0.2, 0.25) is 5.91 Å². The summed E-state index contributed by atoms with van der Waals surface area (Å²) in [6.45, 7) is 12.5. The normalized spacial score (nSPS) is 14.9. The van der Waals surface area contributed by atoms with Crippen molar-refractivity contribution in [2.24, 2.45) is 5.92 Å². The molecule has 5 heteroatoms. The van der Waals surface area contributed by atoms with Crippen molar-refractivity contribution >= 4 is 23.3 Å². The Morgan fingerprint density at radius 1 is 1.23 bits per heavy atom. The summed E-state index contributed by atoms with van der Waals surface area (Å²) in [7, 11) is 0. The first kappa shape index (κ1) is 20.0. The van der Waals surface area contributed by atoms with Crippen molar-refractivity contribution in [1.82, 2.24) is 4.90 Å². The van der Waals surface area contributed by atoms with E-state index in [-0.39, 0.29) is 17.9 Å². The van der Waals surface area contributed by atoms with Gasteiger partial charge in [-0.2, -0.15) is 0 Å². The maximum Gasteiger partial charge on any atom is 0.410 e. The molecule has 0 spiro atoms. The third-order valence-electron chi connectivity index (χ3n) is 4.25. The number of hydrogen-bond donors (Lipinski definition) is 1. The molecule has 1 heterocycles. The summed E-state index contributed by atoms with van der Waals surface area (Å²) in [5.74, 6) is -0.0479. The van der Waals surface area contributed by atoms with Gasteiger partial charge in [0.15, 0.2) is 0 Å². The zero-order chi connectivity index (χ0) is 19.5. The van der Waals surface area contributed by atoms with Gasteiger partial charge in [-0.05, 0) is 56.9 Å². The zero-order valence-electron chi connectivity index (χ0n) is 16.7. The fraction of sp³-hybridized carbons (Fsp3) is 0.524. The molecule has 0 bridgehead atoms. The number of amides is 2. The number of aryl methyl sites for hydroxylation is 1. The Labute approximate surface area is 156 Å². The topological polar surface area (TPSA) is 58.6 Å². The van der Waals surface area contributed by atoms with E-state index in [1.54, 1.807) is 4.90 Å². The highest BCUT2D eigenvalue weighted by Crippen LogP contribution is 2.27. The second-order valence-corrected chi connectivity index (χ2v) is 8.08. The van der Waals surface area contributed by atoms with E-state index in [0.717, 1.165) is 23.2 Å². The molecule has 2 rings (SSSR count). The van der Waals surface area contributed by atoms with Gasteiger partial charge in [-0.15, -0.1) is 0 Å². The highest BCUT2D eigenvalue weighted by Gasteiger charge is 2.24. The van der Waals surface area contributed by atoms with Gasteiger partial charge in [-0.1, -0.05) is 32.1 Å². The average Bonchev–Trinajstić information content (AvgIpc) is 2.55. The SMILES string of the molecule is Cc1ccc(C2=CCN(C(=O)OC(C)(C)C)CC2)cc1NC(=O)C(C)C. The molecule has 0 radical (unpaired) electrons. The number of carbonyl (C=O) groups excluding carboxylic acids is 2. The number of carbonyl (C=O) groups is 2. The van der Waals surface area contributed by atoms with E-state index >= 15 is 0 Å². The summed E-state index contributed by atoms with van der Waals surface area (Å²) in [5.41, 5.74) is 3.66. The van der Waals surface area contributed by atoms with Crippen LogP contribution in [0.5, 0.6) is 0 Å². The predicted octanol–water partition coefficient (Wildman–Crippen LogP) is 4.61. The molecule has 142 valence electrons. The van der Waals surface area contributed by atoms with Crippen LogP contribution in [0.15, 0.2) is 24.3 Å². The lowest BCUT2D eigenvalue weighted by atomic mass is 9.97. The van der Waals surface area contributed by atoms with E-state index in [0.29, 0.717) is 13.1 Å². The fourth-order valence-electron chi connectivity index (χ4n) is 2.66. The van der Waals surface area contributed by atoms with Crippen molar-refractivity contribution in [2.45, 2.75) is 53.6 Å². The summed E-state index contributed by atoms with van der Waals surface area (Å²) in [6, 6.07) is 6.10. The maximum absolute atomic E-state index is 12.2. The third-order valence-corrected chi connectivity index (χ3v) is 4.25. The largest absolute Gasteiger partial charge is 0.444 e. The Bertz CT molecular complexity index is 714. The number of benzene rings is 1. The number of anilines is 1. The van der Waals surface area contributed by atoms with Crippen LogP contribution in [0, 0.1) is 12.8 Å². The van der Waals surface area contributed by atoms with Gasteiger partial charge in [0.25, 0.3) is 0 Å². The predicted molar refractivity (Wildman–Crippen MR) is 105 cm³/mol. The smallest absolute Gasteiger partial charge is 0.410 e. The average molecular weight is 358 g/mol. The van der Waals surface area contributed by atoms with Crippen molar-refractivity contribution in [3.8, 4) is 0 Å². The lowest BCUT2D eigenvalue weighted by molar-refractivity contribution is -0.118. The molecule has 0 aromatic heterocycles. The molecule has 1 aromatic rings. The van der Waals surface area contributed by atoms with Gasteiger partial charge in [0.1, 0.15) is 5.60 Å². The number of hydrogen-bond acceptors (Lipinski definition) is 3. The first-order chi connectivity index (χ1) is 12.1. The molecule has 1 N–H and O–H groups in total. The second-order valence-electron chi connectivity index (χ2n) is 8.08. The number of nitrogens with zero attached hydrogens (tertiary/aromatic N) is 1. The zero-order valence-corrected chi connectivity index (χ0v) is 16.7. The summed E-state index contributed by atoms with van der Waals surface area (Å²) in [5, 5.41) is 2.99. The first-order valence-corrected chi connectivity index (χ1v) is 9.15. The van der Waals surface area contributed by atoms with Crippen LogP contribution in [-0.4, -0.2) is 35.6 Å². The van der Waals surface area contributed by atoms with Crippen LogP contribution >= 0.6 is 0 Å². The third kappa shape index (κ3) is 5.35. The Hall–Kier alpha value is -2.30. The summed E-state index contributed by atoms with van der Waals surface area (Å²) in [6.07, 6.45) is 2.55. The van der Waals surface area contributed by atoms with Gasteiger partial charge in [0, 0.05) is 24.7 Å². The quantitative estimate of drug-likeness (QED) is 0.858. The lowest BCUT2D eigenvalue weighted by Gasteiger charge is -2.29. The number of ether oxygens (including phenoxy) is 1. The summed E-state index contributed by atoms with van der Waals surface area (Å²) >= 11 is 0. The van der Waals surface area contributed by atoms with E-state index in [1.807, 2.05) is 53.7 Å². The van der Waals surface area contributed by atoms with Gasteiger partial charge in [0.05, 0.1) is 0 Å². The molecule has 5 nitrogen and oxygen atoms in total. The fourth-order valence-corrected chi connectivity index (χ4v) is 2.66. The van der Waals surface area contributed by atoms with Crippen molar-refractivity contribution in [3.05, 3.63) is 35.4 Å². The highest BCUT2D eigenvalue weighted by atomic mass is 16.6. The molecular formula is C21H30N2O3. The van der Waals surface area contributed by atoms with Crippen LogP contribution in [0.3, 0.4) is 0 Å². The molecule has 0 unspecified atom stereocenters. The van der Waals surface area contributed by atoms with E-state index < -0.39 is 5.60 Å². The van der Waals surface area contributed by atoms with Crippen LogP contribution in [-0.2, 0) is 9.53 Å². The van der Waals surface area contributed by atoms with E-state index in [4.69, 9.17) is 4.74 Å². The standard InChI is InChI=1S/C21H30N2O3/c1-14(2)19(24)22-18-13-17(8-7-15(18)3)16-9-11-23(12-10-16)20(25)26-21(4,5)6/h7-9,13-14H,10-12H2,1-6H3,(H,22,24). The molecule has 2 amide bonds. The Balaban J connectivity index is 2.10. The molecule has 1 aliphatic heterocycles. The molecule has 1 aliphatic rings.